The molecule has 0 spiro atoms. The summed E-state index contributed by atoms with van der Waals surface area (Å²) in [5.74, 6) is -0.384. The molecule has 0 aromatic heterocycles. The lowest BCUT2D eigenvalue weighted by molar-refractivity contribution is -0.154. The topological polar surface area (TPSA) is 132 Å². The molecule has 0 aromatic carbocycles. The number of esters is 1. The van der Waals surface area contributed by atoms with Crippen molar-refractivity contribution >= 4 is 13.8 Å². The molecule has 54 heavy (non-hydrogen) atoms. The zero-order chi connectivity index (χ0) is 39.6. The van der Waals surface area contributed by atoms with Crippen LogP contribution in [-0.4, -0.2) is 66.3 Å². The molecule has 0 aliphatic rings. The first kappa shape index (κ1) is 52.9. The maximum Gasteiger partial charge on any atom is 0.472 e. The number of rotatable bonds is 43. The Morgan fingerprint density at radius 1 is 0.574 bits per heavy atom. The highest BCUT2D eigenvalue weighted by molar-refractivity contribution is 7.47. The van der Waals surface area contributed by atoms with Gasteiger partial charge in [-0.25, -0.2) is 4.57 Å². The minimum atomic E-state index is -4.51. The highest BCUT2D eigenvalue weighted by Gasteiger charge is 2.26. The average Bonchev–Trinajstić information content (AvgIpc) is 3.16. The van der Waals surface area contributed by atoms with Crippen LogP contribution in [0, 0.1) is 0 Å². The third-order valence-electron chi connectivity index (χ3n) is 9.64. The number of aliphatic hydroxyl groups excluding tert-OH is 2. The van der Waals surface area contributed by atoms with E-state index in [0.29, 0.717) is 6.61 Å². The van der Waals surface area contributed by atoms with Crippen LogP contribution >= 0.6 is 7.82 Å². The van der Waals surface area contributed by atoms with E-state index in [4.69, 9.17) is 23.6 Å². The number of hydrogen-bond acceptors (Lipinski definition) is 8. The average molecular weight is 789 g/mol. The number of allylic oxidation sites excluding steroid dienone is 4. The fourth-order valence-corrected chi connectivity index (χ4v) is 7.00. The van der Waals surface area contributed by atoms with E-state index in [1.165, 1.54) is 148 Å². The molecule has 0 aromatic rings. The largest absolute Gasteiger partial charge is 0.472 e. The van der Waals surface area contributed by atoms with Crippen LogP contribution in [0.1, 0.15) is 206 Å². The SMILES string of the molecule is CCCCCCC/C=C\C/C=C\CCCCCCCCCCCC(=O)OC(COCCCCCCCCCCCCCC)COP(=O)(O)OCC(O)CO. The second-order valence-electron chi connectivity index (χ2n) is 15.1. The zero-order valence-corrected chi connectivity index (χ0v) is 35.8. The minimum absolute atomic E-state index is 0.0516. The molecule has 0 radical (unpaired) electrons. The van der Waals surface area contributed by atoms with Gasteiger partial charge in [-0.1, -0.05) is 179 Å². The van der Waals surface area contributed by atoms with E-state index in [2.05, 4.69) is 38.2 Å². The Kier molecular flexibility index (Phi) is 40.8. The van der Waals surface area contributed by atoms with Gasteiger partial charge in [0, 0.05) is 13.0 Å². The summed E-state index contributed by atoms with van der Waals surface area (Å²) < 4.78 is 33.4. The standard InChI is InChI=1S/C44H85O9P/c1-3-5-7-9-11-13-15-17-18-19-20-21-22-23-24-25-26-28-30-32-34-36-44(47)53-43(41-52-54(48,49)51-39-42(46)38-45)40-50-37-35-33-31-29-27-16-14-12-10-8-6-4-2/h15,17,19-20,42-43,45-46H,3-14,16,18,21-41H2,1-2H3,(H,48,49)/b17-15-,20-19-. The monoisotopic (exact) mass is 789 g/mol. The molecule has 3 unspecified atom stereocenters. The van der Waals surface area contributed by atoms with E-state index >= 15 is 0 Å². The Balaban J connectivity index is 4.10. The molecule has 0 bridgehead atoms. The van der Waals surface area contributed by atoms with Crippen LogP contribution in [0.5, 0.6) is 0 Å². The molecule has 3 atom stereocenters. The summed E-state index contributed by atoms with van der Waals surface area (Å²) in [7, 11) is -4.51. The van der Waals surface area contributed by atoms with Gasteiger partial charge in [0.25, 0.3) is 0 Å². The van der Waals surface area contributed by atoms with Crippen molar-refractivity contribution in [2.45, 2.75) is 219 Å². The Hall–Kier alpha value is -1.06. The molecule has 0 saturated carbocycles. The summed E-state index contributed by atoms with van der Waals surface area (Å²) in [5, 5.41) is 18.3. The Labute approximate surface area is 332 Å². The summed E-state index contributed by atoms with van der Waals surface area (Å²) in [6.07, 6.45) is 42.7. The van der Waals surface area contributed by atoms with Gasteiger partial charge < -0.3 is 24.6 Å². The maximum absolute atomic E-state index is 12.6. The number of phosphoric acid groups is 1. The van der Waals surface area contributed by atoms with E-state index in [9.17, 15) is 19.4 Å². The third-order valence-corrected chi connectivity index (χ3v) is 10.6. The van der Waals surface area contributed by atoms with Crippen LogP contribution in [0.3, 0.4) is 0 Å². The molecule has 0 fully saturated rings. The third kappa shape index (κ3) is 40.6. The number of carbonyl (C=O) groups excluding carboxylic acids is 1. The molecular weight excluding hydrogens is 703 g/mol. The molecule has 0 aliphatic heterocycles. The normalized spacial score (nSPS) is 14.2. The molecule has 0 aliphatic carbocycles. The van der Waals surface area contributed by atoms with Crippen LogP contribution < -0.4 is 0 Å². The van der Waals surface area contributed by atoms with Gasteiger partial charge >= 0.3 is 13.8 Å². The summed E-state index contributed by atoms with van der Waals surface area (Å²) in [6, 6.07) is 0. The van der Waals surface area contributed by atoms with Crippen molar-refractivity contribution in [3.05, 3.63) is 24.3 Å². The summed E-state index contributed by atoms with van der Waals surface area (Å²) in [4.78, 5) is 22.6. The molecule has 320 valence electrons. The van der Waals surface area contributed by atoms with Crippen molar-refractivity contribution in [1.82, 2.24) is 0 Å². The summed E-state index contributed by atoms with van der Waals surface area (Å²) >= 11 is 0. The number of hydrogen-bond donors (Lipinski definition) is 3. The number of aliphatic hydroxyl groups is 2. The fourth-order valence-electron chi connectivity index (χ4n) is 6.21. The maximum atomic E-state index is 12.6. The Morgan fingerprint density at radius 3 is 1.48 bits per heavy atom. The molecule has 3 N–H and O–H groups in total. The van der Waals surface area contributed by atoms with Crippen molar-refractivity contribution in [1.29, 1.82) is 0 Å². The van der Waals surface area contributed by atoms with Crippen molar-refractivity contribution in [2.24, 2.45) is 0 Å². The van der Waals surface area contributed by atoms with E-state index < -0.39 is 33.2 Å². The summed E-state index contributed by atoms with van der Waals surface area (Å²) in [5.41, 5.74) is 0. The van der Waals surface area contributed by atoms with E-state index in [0.717, 1.165) is 38.5 Å². The molecule has 10 heteroatoms. The second kappa shape index (κ2) is 41.6. The highest BCUT2D eigenvalue weighted by Crippen LogP contribution is 2.43. The van der Waals surface area contributed by atoms with Crippen molar-refractivity contribution < 1.29 is 43.0 Å². The van der Waals surface area contributed by atoms with Crippen molar-refractivity contribution in [2.75, 3.05) is 33.0 Å². The molecule has 0 rings (SSSR count). The van der Waals surface area contributed by atoms with Gasteiger partial charge in [0.1, 0.15) is 12.2 Å². The summed E-state index contributed by atoms with van der Waals surface area (Å²) in [6.45, 7) is 3.53. The van der Waals surface area contributed by atoms with Crippen LogP contribution in [0.15, 0.2) is 24.3 Å². The lowest BCUT2D eigenvalue weighted by atomic mass is 10.1. The van der Waals surface area contributed by atoms with Crippen LogP contribution in [0.25, 0.3) is 0 Å². The molecule has 0 amide bonds. The first-order valence-electron chi connectivity index (χ1n) is 22.3. The number of unbranched alkanes of at least 4 members (excludes halogenated alkanes) is 25. The van der Waals surface area contributed by atoms with Gasteiger partial charge in [-0.15, -0.1) is 0 Å². The zero-order valence-electron chi connectivity index (χ0n) is 35.0. The fraction of sp³-hybridized carbons (Fsp3) is 0.886. The first-order chi connectivity index (χ1) is 26.3. The quantitative estimate of drug-likeness (QED) is 0.0239. The first-order valence-corrected chi connectivity index (χ1v) is 23.8. The number of phosphoric ester groups is 1. The van der Waals surface area contributed by atoms with E-state index in [-0.39, 0.29) is 25.6 Å². The predicted octanol–water partition coefficient (Wildman–Crippen LogP) is 12.3. The Morgan fingerprint density at radius 2 is 1.00 bits per heavy atom. The highest BCUT2D eigenvalue weighted by atomic mass is 31.2. The number of carbonyl (C=O) groups is 1. The number of ether oxygens (including phenoxy) is 2. The Bertz CT molecular complexity index is 897. The van der Waals surface area contributed by atoms with Crippen molar-refractivity contribution in [3.8, 4) is 0 Å². The smallest absolute Gasteiger partial charge is 0.457 e. The van der Waals surface area contributed by atoms with Crippen molar-refractivity contribution in [3.63, 3.8) is 0 Å². The van der Waals surface area contributed by atoms with Crippen LogP contribution in [0.4, 0.5) is 0 Å². The lowest BCUT2D eigenvalue weighted by Gasteiger charge is -2.20. The second-order valence-corrected chi connectivity index (χ2v) is 16.5. The minimum Gasteiger partial charge on any atom is -0.457 e. The van der Waals surface area contributed by atoms with Gasteiger partial charge in [0.2, 0.25) is 0 Å². The molecule has 0 heterocycles. The van der Waals surface area contributed by atoms with E-state index in [1.807, 2.05) is 0 Å². The predicted molar refractivity (Wildman–Crippen MR) is 224 cm³/mol. The van der Waals surface area contributed by atoms with Gasteiger partial charge in [-0.05, 0) is 44.9 Å². The van der Waals surface area contributed by atoms with Gasteiger partial charge in [0.15, 0.2) is 0 Å². The van der Waals surface area contributed by atoms with Crippen LogP contribution in [-0.2, 0) is 27.9 Å². The molecular formula is C44H85O9P. The van der Waals surface area contributed by atoms with Gasteiger partial charge in [-0.2, -0.15) is 0 Å². The molecule has 9 nitrogen and oxygen atoms in total. The van der Waals surface area contributed by atoms with E-state index in [1.54, 1.807) is 0 Å². The van der Waals surface area contributed by atoms with Gasteiger partial charge in [-0.3, -0.25) is 13.8 Å². The lowest BCUT2D eigenvalue weighted by Crippen LogP contribution is -2.29. The van der Waals surface area contributed by atoms with Crippen LogP contribution in [0.2, 0.25) is 0 Å². The van der Waals surface area contributed by atoms with Gasteiger partial charge in [0.05, 0.1) is 26.4 Å². The molecule has 0 saturated heterocycles.